The normalized spacial score (nSPS) is 16.7. The van der Waals surface area contributed by atoms with E-state index in [2.05, 4.69) is 10.2 Å². The van der Waals surface area contributed by atoms with E-state index in [9.17, 15) is 14.4 Å². The van der Waals surface area contributed by atoms with E-state index >= 15 is 0 Å². The number of benzene rings is 2. The summed E-state index contributed by atoms with van der Waals surface area (Å²) in [6.07, 6.45) is 3.19. The summed E-state index contributed by atoms with van der Waals surface area (Å²) in [5, 5.41) is 3.81. The third kappa shape index (κ3) is 4.62. The molecule has 1 fully saturated rings. The number of nitrogens with zero attached hydrogens (tertiary/aromatic N) is 2. The van der Waals surface area contributed by atoms with Crippen LogP contribution < -0.4 is 5.32 Å². The van der Waals surface area contributed by atoms with Gasteiger partial charge in [-0.15, -0.1) is 0 Å². The molecule has 2 aromatic carbocycles. The quantitative estimate of drug-likeness (QED) is 0.540. The second-order valence-electron chi connectivity index (χ2n) is 8.69. The van der Waals surface area contributed by atoms with Crippen molar-refractivity contribution in [2.75, 3.05) is 13.1 Å². The van der Waals surface area contributed by atoms with E-state index in [-0.39, 0.29) is 30.0 Å². The van der Waals surface area contributed by atoms with Crippen LogP contribution in [0, 0.1) is 0 Å². The fourth-order valence-electron chi connectivity index (χ4n) is 4.49. The Hall–Kier alpha value is -3.42. The van der Waals surface area contributed by atoms with Gasteiger partial charge >= 0.3 is 0 Å². The molecule has 0 spiro atoms. The van der Waals surface area contributed by atoms with Gasteiger partial charge in [-0.1, -0.05) is 23.7 Å². The number of carbonyl (C=O) groups excluding carboxylic acids is 3. The van der Waals surface area contributed by atoms with Gasteiger partial charge in [0.15, 0.2) is 0 Å². The molecule has 2 aliphatic rings. The van der Waals surface area contributed by atoms with Crippen LogP contribution in [0.25, 0.3) is 0 Å². The minimum absolute atomic E-state index is 0.0648. The standard InChI is InChI=1S/C26H24ClN3O4/c27-19-6-3-17(4-7-19)15-29-11-9-20(10-12-29)28-24(31)18-5-8-22-23(14-18)26(33)30(25(22)32)16-21-2-1-13-34-21/h1-8,13-14,20H,9-12,15-16H2,(H,28,31). The molecule has 7 nitrogen and oxygen atoms in total. The third-order valence-electron chi connectivity index (χ3n) is 6.37. The number of halogens is 1. The third-order valence-corrected chi connectivity index (χ3v) is 6.62. The van der Waals surface area contributed by atoms with E-state index in [1.165, 1.54) is 17.9 Å². The van der Waals surface area contributed by atoms with Gasteiger partial charge in [0.2, 0.25) is 0 Å². The summed E-state index contributed by atoms with van der Waals surface area (Å²) in [6.45, 7) is 2.68. The number of imide groups is 1. The average molecular weight is 478 g/mol. The highest BCUT2D eigenvalue weighted by Crippen LogP contribution is 2.26. The van der Waals surface area contributed by atoms with Crippen LogP contribution in [0.2, 0.25) is 5.02 Å². The molecule has 5 rings (SSSR count). The van der Waals surface area contributed by atoms with Gasteiger partial charge in [0, 0.05) is 36.3 Å². The number of nitrogens with one attached hydrogen (secondary N) is 1. The number of furan rings is 1. The highest BCUT2D eigenvalue weighted by molar-refractivity contribution is 6.30. The minimum atomic E-state index is -0.415. The van der Waals surface area contributed by atoms with Crippen molar-refractivity contribution < 1.29 is 18.8 Å². The second kappa shape index (κ2) is 9.44. The Labute approximate surface area is 202 Å². The zero-order valence-electron chi connectivity index (χ0n) is 18.5. The van der Waals surface area contributed by atoms with Crippen LogP contribution in [-0.4, -0.2) is 46.7 Å². The smallest absolute Gasteiger partial charge is 0.261 e. The number of rotatable bonds is 6. The van der Waals surface area contributed by atoms with Crippen molar-refractivity contribution >= 4 is 29.3 Å². The fraction of sp³-hybridized carbons (Fsp3) is 0.269. The van der Waals surface area contributed by atoms with E-state index in [1.54, 1.807) is 24.3 Å². The van der Waals surface area contributed by atoms with Crippen molar-refractivity contribution in [3.63, 3.8) is 0 Å². The van der Waals surface area contributed by atoms with Gasteiger partial charge in [0.1, 0.15) is 5.76 Å². The number of piperidine rings is 1. The van der Waals surface area contributed by atoms with Gasteiger partial charge in [0.25, 0.3) is 17.7 Å². The number of fused-ring (bicyclic) bond motifs is 1. The fourth-order valence-corrected chi connectivity index (χ4v) is 4.61. The molecule has 34 heavy (non-hydrogen) atoms. The van der Waals surface area contributed by atoms with Crippen LogP contribution in [0.4, 0.5) is 0 Å². The Morgan fingerprint density at radius 1 is 0.971 bits per heavy atom. The zero-order chi connectivity index (χ0) is 23.7. The molecule has 1 aromatic heterocycles. The summed E-state index contributed by atoms with van der Waals surface area (Å²) in [5.41, 5.74) is 2.15. The van der Waals surface area contributed by atoms with Gasteiger partial charge in [-0.05, 0) is 60.9 Å². The van der Waals surface area contributed by atoms with Crippen LogP contribution in [0.1, 0.15) is 55.2 Å². The van der Waals surface area contributed by atoms with Crippen molar-refractivity contribution in [1.29, 1.82) is 0 Å². The van der Waals surface area contributed by atoms with E-state index in [0.29, 0.717) is 16.9 Å². The number of hydrogen-bond acceptors (Lipinski definition) is 5. The van der Waals surface area contributed by atoms with Crippen LogP contribution in [-0.2, 0) is 13.1 Å². The molecule has 0 unspecified atom stereocenters. The molecule has 1 saturated heterocycles. The van der Waals surface area contributed by atoms with Crippen molar-refractivity contribution in [2.24, 2.45) is 0 Å². The predicted octanol–water partition coefficient (Wildman–Crippen LogP) is 4.12. The monoisotopic (exact) mass is 477 g/mol. The van der Waals surface area contributed by atoms with Gasteiger partial charge in [-0.2, -0.15) is 0 Å². The lowest BCUT2D eigenvalue weighted by Gasteiger charge is -2.32. The minimum Gasteiger partial charge on any atom is -0.467 e. The van der Waals surface area contributed by atoms with Gasteiger partial charge in [-0.3, -0.25) is 24.2 Å². The van der Waals surface area contributed by atoms with E-state index in [0.717, 1.165) is 42.4 Å². The second-order valence-corrected chi connectivity index (χ2v) is 9.12. The molecule has 8 heteroatoms. The van der Waals surface area contributed by atoms with E-state index < -0.39 is 5.91 Å². The summed E-state index contributed by atoms with van der Waals surface area (Å²) in [5.74, 6) is -0.503. The highest BCUT2D eigenvalue weighted by Gasteiger charge is 2.36. The number of likely N-dealkylation sites (tertiary alicyclic amines) is 1. The van der Waals surface area contributed by atoms with Crippen molar-refractivity contribution in [3.8, 4) is 0 Å². The van der Waals surface area contributed by atoms with Crippen LogP contribution >= 0.6 is 11.6 Å². The Bertz CT molecular complexity index is 1220. The molecule has 0 aliphatic carbocycles. The Kier molecular flexibility index (Phi) is 6.22. The maximum Gasteiger partial charge on any atom is 0.261 e. The summed E-state index contributed by atoms with van der Waals surface area (Å²) >= 11 is 5.96. The lowest BCUT2D eigenvalue weighted by atomic mass is 10.0. The molecule has 3 amide bonds. The zero-order valence-corrected chi connectivity index (χ0v) is 19.3. The lowest BCUT2D eigenvalue weighted by molar-refractivity contribution is 0.0631. The largest absolute Gasteiger partial charge is 0.467 e. The Morgan fingerprint density at radius 3 is 2.41 bits per heavy atom. The molecule has 0 radical (unpaired) electrons. The van der Waals surface area contributed by atoms with Gasteiger partial charge in [0.05, 0.1) is 23.9 Å². The van der Waals surface area contributed by atoms with E-state index in [4.69, 9.17) is 16.0 Å². The topological polar surface area (TPSA) is 82.9 Å². The first-order valence-electron chi connectivity index (χ1n) is 11.3. The lowest BCUT2D eigenvalue weighted by Crippen LogP contribution is -2.44. The maximum absolute atomic E-state index is 12.9. The molecule has 3 heterocycles. The first kappa shape index (κ1) is 22.4. The molecule has 0 bridgehead atoms. The molecular weight excluding hydrogens is 454 g/mol. The molecule has 0 saturated carbocycles. The van der Waals surface area contributed by atoms with Crippen molar-refractivity contribution in [2.45, 2.75) is 32.0 Å². The van der Waals surface area contributed by atoms with E-state index in [1.807, 2.05) is 24.3 Å². The SMILES string of the molecule is O=C(NC1CCN(Cc2ccc(Cl)cc2)CC1)c1ccc2c(c1)C(=O)N(Cc1ccco1)C2=O. The molecular formula is C26H24ClN3O4. The van der Waals surface area contributed by atoms with Crippen molar-refractivity contribution in [3.05, 3.63) is 93.9 Å². The summed E-state index contributed by atoms with van der Waals surface area (Å²) < 4.78 is 5.26. The van der Waals surface area contributed by atoms with Gasteiger partial charge < -0.3 is 9.73 Å². The summed E-state index contributed by atoms with van der Waals surface area (Å²) in [6, 6.07) is 16.0. The first-order valence-corrected chi connectivity index (χ1v) is 11.7. The number of carbonyl (C=O) groups is 3. The molecule has 3 aromatic rings. The van der Waals surface area contributed by atoms with Crippen molar-refractivity contribution in [1.82, 2.24) is 15.1 Å². The number of hydrogen-bond donors (Lipinski definition) is 1. The maximum atomic E-state index is 12.9. The summed E-state index contributed by atoms with van der Waals surface area (Å²) in [7, 11) is 0. The Balaban J connectivity index is 1.18. The van der Waals surface area contributed by atoms with Gasteiger partial charge in [-0.25, -0.2) is 0 Å². The summed E-state index contributed by atoms with van der Waals surface area (Å²) in [4.78, 5) is 41.9. The van der Waals surface area contributed by atoms with Crippen LogP contribution in [0.15, 0.2) is 65.3 Å². The average Bonchev–Trinajstić information content (AvgIpc) is 3.44. The predicted molar refractivity (Wildman–Crippen MR) is 127 cm³/mol. The molecule has 2 aliphatic heterocycles. The first-order chi connectivity index (χ1) is 16.5. The Morgan fingerprint density at radius 2 is 1.71 bits per heavy atom. The number of amides is 3. The highest BCUT2D eigenvalue weighted by atomic mass is 35.5. The van der Waals surface area contributed by atoms with Crippen LogP contribution in [0.3, 0.4) is 0 Å². The molecule has 0 atom stereocenters. The molecule has 1 N–H and O–H groups in total. The molecule has 174 valence electrons. The van der Waals surface area contributed by atoms with Crippen LogP contribution in [0.5, 0.6) is 0 Å².